The second-order valence-corrected chi connectivity index (χ2v) is 13.4. The van der Waals surface area contributed by atoms with Crippen LogP contribution in [0, 0.1) is 5.82 Å². The molecule has 1 N–H and O–H groups in total. The summed E-state index contributed by atoms with van der Waals surface area (Å²) in [5, 5.41) is 2.90. The highest BCUT2D eigenvalue weighted by Crippen LogP contribution is 2.23. The summed E-state index contributed by atoms with van der Waals surface area (Å²) < 4.78 is 42.8. The van der Waals surface area contributed by atoms with E-state index in [9.17, 15) is 22.4 Å². The summed E-state index contributed by atoms with van der Waals surface area (Å²) in [7, 11) is -3.28. The Morgan fingerprint density at radius 3 is 2.33 bits per heavy atom. The summed E-state index contributed by atoms with van der Waals surface area (Å²) in [4.78, 5) is 30.1. The van der Waals surface area contributed by atoms with Gasteiger partial charge in [-0.15, -0.1) is 0 Å². The van der Waals surface area contributed by atoms with Crippen LogP contribution in [0.2, 0.25) is 0 Å². The molecule has 8 nitrogen and oxygen atoms in total. The molecule has 1 heterocycles. The van der Waals surface area contributed by atoms with E-state index in [2.05, 4.69) is 10.2 Å². The molecule has 40 heavy (non-hydrogen) atoms. The molecular formula is C30H42FN3O5S. The maximum Gasteiger partial charge on any atom is 0.408 e. The number of carbonyl (C=O) groups is 2. The molecule has 10 heteroatoms. The lowest BCUT2D eigenvalue weighted by molar-refractivity contribution is -0.133. The molecule has 0 aliphatic carbocycles. The van der Waals surface area contributed by atoms with Crippen molar-refractivity contribution in [1.82, 2.24) is 15.1 Å². The Morgan fingerprint density at radius 2 is 1.77 bits per heavy atom. The van der Waals surface area contributed by atoms with Gasteiger partial charge < -0.3 is 19.9 Å². The van der Waals surface area contributed by atoms with Crippen LogP contribution in [0.1, 0.15) is 64.1 Å². The van der Waals surface area contributed by atoms with Crippen LogP contribution in [-0.4, -0.2) is 74.3 Å². The summed E-state index contributed by atoms with van der Waals surface area (Å²) in [5.41, 5.74) is 0.836. The van der Waals surface area contributed by atoms with Crippen molar-refractivity contribution in [2.24, 2.45) is 0 Å². The highest BCUT2D eigenvalue weighted by molar-refractivity contribution is 7.90. The number of carbonyl (C=O) groups excluding carboxylic acids is 2. The van der Waals surface area contributed by atoms with Gasteiger partial charge in [0, 0.05) is 38.5 Å². The van der Waals surface area contributed by atoms with E-state index in [1.54, 1.807) is 57.2 Å². The summed E-state index contributed by atoms with van der Waals surface area (Å²) in [5.74, 6) is -0.328. The highest BCUT2D eigenvalue weighted by Gasteiger charge is 2.28. The number of benzene rings is 2. The standard InChI is InChI=1S/C30H42FN3O5S/c1-6-34(28(35)20-22-10-12-26(13-11-22)40(5,37)38)25-14-17-33(18-15-25)19-16-27(23-8-7-9-24(31)21-23)32-29(36)39-30(2,3)4/h7-13,21,25,27H,6,14-20H2,1-5H3,(H,32,36). The molecule has 3 rings (SSSR count). The van der Waals surface area contributed by atoms with Gasteiger partial charge in [-0.05, 0) is 82.3 Å². The molecule has 0 bridgehead atoms. The lowest BCUT2D eigenvalue weighted by Crippen LogP contribution is -2.48. The summed E-state index contributed by atoms with van der Waals surface area (Å²) in [6.45, 7) is 10.3. The largest absolute Gasteiger partial charge is 0.444 e. The fourth-order valence-electron chi connectivity index (χ4n) is 5.03. The number of likely N-dealkylation sites (tertiary alicyclic amines) is 1. The van der Waals surface area contributed by atoms with E-state index in [1.807, 2.05) is 11.8 Å². The molecular weight excluding hydrogens is 533 g/mol. The van der Waals surface area contributed by atoms with Crippen LogP contribution < -0.4 is 5.32 Å². The smallest absolute Gasteiger partial charge is 0.408 e. The first-order valence-corrected chi connectivity index (χ1v) is 15.7. The van der Waals surface area contributed by atoms with Crippen molar-refractivity contribution in [1.29, 1.82) is 0 Å². The Morgan fingerprint density at radius 1 is 1.12 bits per heavy atom. The fraction of sp³-hybridized carbons (Fsp3) is 0.533. The van der Waals surface area contributed by atoms with Gasteiger partial charge in [-0.25, -0.2) is 17.6 Å². The number of nitrogens with zero attached hydrogens (tertiary/aromatic N) is 2. The van der Waals surface area contributed by atoms with E-state index in [0.29, 0.717) is 25.1 Å². The number of nitrogens with one attached hydrogen (secondary N) is 1. The zero-order chi connectivity index (χ0) is 29.5. The molecule has 0 aromatic heterocycles. The van der Waals surface area contributed by atoms with Crippen LogP contribution in [0.25, 0.3) is 0 Å². The third kappa shape index (κ3) is 9.59. The minimum Gasteiger partial charge on any atom is -0.444 e. The van der Waals surface area contributed by atoms with Gasteiger partial charge in [0.15, 0.2) is 9.84 Å². The number of halogens is 1. The maximum absolute atomic E-state index is 13.9. The molecule has 2 amide bonds. The summed E-state index contributed by atoms with van der Waals surface area (Å²) in [6, 6.07) is 12.5. The number of ether oxygens (including phenoxy) is 1. The van der Waals surface area contributed by atoms with Crippen molar-refractivity contribution in [3.05, 3.63) is 65.5 Å². The lowest BCUT2D eigenvalue weighted by Gasteiger charge is -2.38. The van der Waals surface area contributed by atoms with Crippen LogP contribution in [0.3, 0.4) is 0 Å². The summed E-state index contributed by atoms with van der Waals surface area (Å²) >= 11 is 0. The van der Waals surface area contributed by atoms with Crippen molar-refractivity contribution in [2.75, 3.05) is 32.4 Å². The predicted molar refractivity (Wildman–Crippen MR) is 153 cm³/mol. The molecule has 220 valence electrons. The Balaban J connectivity index is 1.55. The first kappa shape index (κ1) is 31.5. The van der Waals surface area contributed by atoms with Gasteiger partial charge in [0.2, 0.25) is 5.91 Å². The molecule has 2 aromatic carbocycles. The predicted octanol–water partition coefficient (Wildman–Crippen LogP) is 4.74. The van der Waals surface area contributed by atoms with Gasteiger partial charge in [-0.2, -0.15) is 0 Å². The fourth-order valence-corrected chi connectivity index (χ4v) is 5.66. The average Bonchev–Trinajstić information content (AvgIpc) is 2.86. The van der Waals surface area contributed by atoms with E-state index in [0.717, 1.165) is 37.8 Å². The van der Waals surface area contributed by atoms with Crippen LogP contribution in [-0.2, 0) is 25.8 Å². The molecule has 1 atom stereocenters. The molecule has 1 aliphatic rings. The maximum atomic E-state index is 13.9. The van der Waals surface area contributed by atoms with E-state index in [-0.39, 0.29) is 29.1 Å². The molecule has 1 unspecified atom stereocenters. The van der Waals surface area contributed by atoms with Crippen LogP contribution >= 0.6 is 0 Å². The minimum absolute atomic E-state index is 0.0285. The summed E-state index contributed by atoms with van der Waals surface area (Å²) in [6.07, 6.45) is 3.10. The third-order valence-corrected chi connectivity index (χ3v) is 8.17. The topological polar surface area (TPSA) is 96.0 Å². The number of sulfone groups is 1. The first-order valence-electron chi connectivity index (χ1n) is 13.8. The van der Waals surface area contributed by atoms with Crippen molar-refractivity contribution < 1.29 is 27.1 Å². The van der Waals surface area contributed by atoms with Gasteiger partial charge >= 0.3 is 6.09 Å². The lowest BCUT2D eigenvalue weighted by atomic mass is 9.99. The minimum atomic E-state index is -3.28. The Hall–Kier alpha value is -2.98. The van der Waals surface area contributed by atoms with Gasteiger partial charge in [-0.1, -0.05) is 24.3 Å². The SMILES string of the molecule is CCN(C(=O)Cc1ccc(S(C)(=O)=O)cc1)C1CCN(CCC(NC(=O)OC(C)(C)C)c2cccc(F)c2)CC1. The number of rotatable bonds is 10. The van der Waals surface area contributed by atoms with Crippen molar-refractivity contribution in [3.63, 3.8) is 0 Å². The van der Waals surface area contributed by atoms with Crippen LogP contribution in [0.4, 0.5) is 9.18 Å². The van der Waals surface area contributed by atoms with E-state index >= 15 is 0 Å². The number of piperidine rings is 1. The van der Waals surface area contributed by atoms with Crippen molar-refractivity contribution in [2.45, 2.75) is 76.0 Å². The van der Waals surface area contributed by atoms with Crippen LogP contribution in [0.15, 0.2) is 53.4 Å². The molecule has 1 fully saturated rings. The molecule has 0 spiro atoms. The van der Waals surface area contributed by atoms with Crippen LogP contribution in [0.5, 0.6) is 0 Å². The van der Waals surface area contributed by atoms with Gasteiger partial charge in [0.25, 0.3) is 0 Å². The number of hydrogen-bond acceptors (Lipinski definition) is 6. The molecule has 0 saturated carbocycles. The van der Waals surface area contributed by atoms with E-state index in [1.165, 1.54) is 12.1 Å². The van der Waals surface area contributed by atoms with Crippen molar-refractivity contribution in [3.8, 4) is 0 Å². The Labute approximate surface area is 237 Å². The van der Waals surface area contributed by atoms with Gasteiger partial charge in [0.1, 0.15) is 11.4 Å². The third-order valence-electron chi connectivity index (χ3n) is 7.04. The Bertz CT molecular complexity index is 1250. The first-order chi connectivity index (χ1) is 18.7. The van der Waals surface area contributed by atoms with E-state index in [4.69, 9.17) is 4.74 Å². The second-order valence-electron chi connectivity index (χ2n) is 11.4. The average molecular weight is 576 g/mol. The van der Waals surface area contributed by atoms with E-state index < -0.39 is 27.6 Å². The molecule has 1 aliphatic heterocycles. The highest BCUT2D eigenvalue weighted by atomic mass is 32.2. The second kappa shape index (κ2) is 13.6. The number of hydrogen-bond donors (Lipinski definition) is 1. The monoisotopic (exact) mass is 575 g/mol. The van der Waals surface area contributed by atoms with Crippen molar-refractivity contribution >= 4 is 21.8 Å². The zero-order valence-corrected chi connectivity index (χ0v) is 25.0. The quantitative estimate of drug-likeness (QED) is 0.440. The number of likely N-dealkylation sites (N-methyl/N-ethyl adjacent to an activating group) is 1. The normalized spacial score (nSPS) is 15.8. The number of amides is 2. The van der Waals surface area contributed by atoms with Gasteiger partial charge in [-0.3, -0.25) is 4.79 Å². The van der Waals surface area contributed by atoms with Gasteiger partial charge in [0.05, 0.1) is 17.4 Å². The molecule has 1 saturated heterocycles. The molecule has 0 radical (unpaired) electrons. The number of alkyl carbamates (subject to hydrolysis) is 1. The zero-order valence-electron chi connectivity index (χ0n) is 24.2. The molecule has 2 aromatic rings. The Kier molecular flexibility index (Phi) is 10.7.